The molecule has 0 aliphatic carbocycles. The maximum absolute atomic E-state index is 5.27. The molecule has 0 amide bonds. The highest BCUT2D eigenvalue weighted by molar-refractivity contribution is 7.80. The standard InChI is InChI=1S/C17H15N5S/c23-17(21-15-10-18-12-19-11-15)22-16-8-4-7-14(20-16)9-13-5-2-1-3-6-13/h1-8,10-12H,9H2,(H2,20,21,22,23). The Morgan fingerprint density at radius 2 is 1.70 bits per heavy atom. The SMILES string of the molecule is S=C(Nc1cncnc1)Nc1cccc(Cc2ccccc2)n1. The van der Waals surface area contributed by atoms with Crippen molar-refractivity contribution in [2.24, 2.45) is 0 Å². The molecule has 5 nitrogen and oxygen atoms in total. The van der Waals surface area contributed by atoms with E-state index >= 15 is 0 Å². The van der Waals surface area contributed by atoms with E-state index in [1.54, 1.807) is 12.4 Å². The van der Waals surface area contributed by atoms with Gasteiger partial charge in [0.25, 0.3) is 0 Å². The highest BCUT2D eigenvalue weighted by Crippen LogP contribution is 2.11. The third-order valence-electron chi connectivity index (χ3n) is 3.09. The molecule has 23 heavy (non-hydrogen) atoms. The van der Waals surface area contributed by atoms with Crippen LogP contribution in [0.25, 0.3) is 0 Å². The maximum atomic E-state index is 5.27. The first kappa shape index (κ1) is 15.1. The molecule has 0 saturated carbocycles. The van der Waals surface area contributed by atoms with Crippen molar-refractivity contribution in [2.75, 3.05) is 10.6 Å². The number of benzene rings is 1. The fourth-order valence-corrected chi connectivity index (χ4v) is 2.32. The summed E-state index contributed by atoms with van der Waals surface area (Å²) < 4.78 is 0. The maximum Gasteiger partial charge on any atom is 0.176 e. The van der Waals surface area contributed by atoms with E-state index in [0.29, 0.717) is 10.9 Å². The van der Waals surface area contributed by atoms with Gasteiger partial charge >= 0.3 is 0 Å². The fraction of sp³-hybridized carbons (Fsp3) is 0.0588. The molecule has 0 unspecified atom stereocenters. The minimum atomic E-state index is 0.448. The van der Waals surface area contributed by atoms with Gasteiger partial charge in [0.15, 0.2) is 5.11 Å². The average molecular weight is 321 g/mol. The number of hydrogen-bond donors (Lipinski definition) is 2. The summed E-state index contributed by atoms with van der Waals surface area (Å²) in [4.78, 5) is 12.4. The van der Waals surface area contributed by atoms with E-state index in [2.05, 4.69) is 37.7 Å². The van der Waals surface area contributed by atoms with Crippen LogP contribution in [0, 0.1) is 0 Å². The summed E-state index contributed by atoms with van der Waals surface area (Å²) in [6, 6.07) is 16.1. The quantitative estimate of drug-likeness (QED) is 0.719. The van der Waals surface area contributed by atoms with Crippen molar-refractivity contribution in [3.8, 4) is 0 Å². The van der Waals surface area contributed by atoms with Crippen LogP contribution in [0.2, 0.25) is 0 Å². The van der Waals surface area contributed by atoms with Gasteiger partial charge in [-0.15, -0.1) is 0 Å². The molecule has 3 aromatic rings. The number of thiocarbonyl (C=S) groups is 1. The van der Waals surface area contributed by atoms with Crippen LogP contribution in [-0.4, -0.2) is 20.1 Å². The molecular weight excluding hydrogens is 306 g/mol. The summed E-state index contributed by atoms with van der Waals surface area (Å²) in [5.74, 6) is 0.702. The Bertz CT molecular complexity index is 777. The Labute approximate surface area is 139 Å². The minimum Gasteiger partial charge on any atom is -0.330 e. The van der Waals surface area contributed by atoms with Crippen LogP contribution >= 0.6 is 12.2 Å². The Morgan fingerprint density at radius 3 is 2.48 bits per heavy atom. The van der Waals surface area contributed by atoms with Gasteiger partial charge in [-0.05, 0) is 29.9 Å². The van der Waals surface area contributed by atoms with Gasteiger partial charge in [-0.1, -0.05) is 36.4 Å². The number of anilines is 2. The number of rotatable bonds is 4. The van der Waals surface area contributed by atoms with E-state index < -0.39 is 0 Å². The smallest absolute Gasteiger partial charge is 0.176 e. The second-order valence-corrected chi connectivity index (χ2v) is 5.29. The molecule has 0 spiro atoms. The van der Waals surface area contributed by atoms with Gasteiger partial charge in [-0.25, -0.2) is 15.0 Å². The van der Waals surface area contributed by atoms with Crippen LogP contribution in [0.1, 0.15) is 11.3 Å². The van der Waals surface area contributed by atoms with Gasteiger partial charge < -0.3 is 10.6 Å². The van der Waals surface area contributed by atoms with Gasteiger partial charge in [0.2, 0.25) is 0 Å². The largest absolute Gasteiger partial charge is 0.330 e. The van der Waals surface area contributed by atoms with Gasteiger partial charge in [0, 0.05) is 12.1 Å². The molecule has 1 aromatic carbocycles. The first-order valence-corrected chi connectivity index (χ1v) is 7.53. The van der Waals surface area contributed by atoms with E-state index in [4.69, 9.17) is 12.2 Å². The number of pyridine rings is 1. The number of nitrogens with one attached hydrogen (secondary N) is 2. The van der Waals surface area contributed by atoms with E-state index in [1.807, 2.05) is 36.4 Å². The van der Waals surface area contributed by atoms with E-state index in [9.17, 15) is 0 Å². The Balaban J connectivity index is 1.64. The summed E-state index contributed by atoms with van der Waals surface area (Å²) in [6.45, 7) is 0. The lowest BCUT2D eigenvalue weighted by atomic mass is 10.1. The van der Waals surface area contributed by atoms with Crippen molar-refractivity contribution in [1.29, 1.82) is 0 Å². The van der Waals surface area contributed by atoms with E-state index in [1.165, 1.54) is 11.9 Å². The molecule has 2 N–H and O–H groups in total. The molecule has 2 heterocycles. The Kier molecular flexibility index (Phi) is 4.85. The van der Waals surface area contributed by atoms with Crippen LogP contribution in [0.4, 0.5) is 11.5 Å². The summed E-state index contributed by atoms with van der Waals surface area (Å²) in [5, 5.41) is 6.53. The zero-order valence-corrected chi connectivity index (χ0v) is 13.1. The molecule has 2 aromatic heterocycles. The highest BCUT2D eigenvalue weighted by atomic mass is 32.1. The van der Waals surface area contributed by atoms with Crippen molar-refractivity contribution in [1.82, 2.24) is 15.0 Å². The van der Waals surface area contributed by atoms with Crippen molar-refractivity contribution in [3.05, 3.63) is 78.5 Å². The topological polar surface area (TPSA) is 62.7 Å². The van der Waals surface area contributed by atoms with Gasteiger partial charge in [0.1, 0.15) is 12.1 Å². The predicted octanol–water partition coefficient (Wildman–Crippen LogP) is 3.27. The zero-order chi connectivity index (χ0) is 15.9. The van der Waals surface area contributed by atoms with Gasteiger partial charge in [-0.2, -0.15) is 0 Å². The van der Waals surface area contributed by atoms with Crippen molar-refractivity contribution < 1.29 is 0 Å². The molecule has 0 saturated heterocycles. The molecular formula is C17H15N5S. The monoisotopic (exact) mass is 321 g/mol. The molecule has 0 fully saturated rings. The van der Waals surface area contributed by atoms with Crippen molar-refractivity contribution >= 4 is 28.8 Å². The van der Waals surface area contributed by atoms with Crippen LogP contribution < -0.4 is 10.6 Å². The molecule has 0 bridgehead atoms. The fourth-order valence-electron chi connectivity index (χ4n) is 2.09. The first-order valence-electron chi connectivity index (χ1n) is 7.12. The normalized spacial score (nSPS) is 10.1. The summed E-state index contributed by atoms with van der Waals surface area (Å²) in [6.07, 6.45) is 5.56. The zero-order valence-electron chi connectivity index (χ0n) is 12.3. The summed E-state index contributed by atoms with van der Waals surface area (Å²) in [7, 11) is 0. The summed E-state index contributed by atoms with van der Waals surface area (Å²) in [5.41, 5.74) is 2.93. The lowest BCUT2D eigenvalue weighted by Crippen LogP contribution is -2.20. The van der Waals surface area contributed by atoms with Crippen molar-refractivity contribution in [3.63, 3.8) is 0 Å². The summed E-state index contributed by atoms with van der Waals surface area (Å²) >= 11 is 5.27. The molecule has 0 radical (unpaired) electrons. The molecule has 114 valence electrons. The van der Waals surface area contributed by atoms with Gasteiger partial charge in [0.05, 0.1) is 18.1 Å². The van der Waals surface area contributed by atoms with Gasteiger partial charge in [-0.3, -0.25) is 0 Å². The van der Waals surface area contributed by atoms with Crippen LogP contribution in [0.5, 0.6) is 0 Å². The number of nitrogens with zero attached hydrogens (tertiary/aromatic N) is 3. The third kappa shape index (κ3) is 4.55. The lowest BCUT2D eigenvalue weighted by Gasteiger charge is -2.10. The lowest BCUT2D eigenvalue weighted by molar-refractivity contribution is 1.08. The number of hydrogen-bond acceptors (Lipinski definition) is 4. The Hall–Kier alpha value is -2.86. The van der Waals surface area contributed by atoms with Crippen molar-refractivity contribution in [2.45, 2.75) is 6.42 Å². The Morgan fingerprint density at radius 1 is 0.913 bits per heavy atom. The highest BCUT2D eigenvalue weighted by Gasteiger charge is 2.03. The van der Waals surface area contributed by atoms with E-state index in [0.717, 1.165) is 17.8 Å². The minimum absolute atomic E-state index is 0.448. The van der Waals surface area contributed by atoms with Crippen LogP contribution in [0.3, 0.4) is 0 Å². The first-order chi connectivity index (χ1) is 11.3. The molecule has 0 aliphatic rings. The second-order valence-electron chi connectivity index (χ2n) is 4.88. The molecule has 6 heteroatoms. The number of aromatic nitrogens is 3. The third-order valence-corrected chi connectivity index (χ3v) is 3.30. The van der Waals surface area contributed by atoms with Crippen LogP contribution in [0.15, 0.2) is 67.3 Å². The molecule has 0 atom stereocenters. The predicted molar refractivity (Wildman–Crippen MR) is 95.4 cm³/mol. The molecule has 0 aliphatic heterocycles. The molecule has 3 rings (SSSR count). The second kappa shape index (κ2) is 7.42. The van der Waals surface area contributed by atoms with Crippen LogP contribution in [-0.2, 0) is 6.42 Å². The van der Waals surface area contributed by atoms with E-state index in [-0.39, 0.29) is 0 Å². The average Bonchev–Trinajstić information content (AvgIpc) is 2.57.